The molecule has 1 spiro atoms. The SMILES string of the molecule is C[C@H]1CC(C)(C)C[C@@]2(C1)NC(=O)N(CC(=O)Oc1ccc3ccc(=O)oc3c1)C2=O. The number of imide groups is 1. The highest BCUT2D eigenvalue weighted by Crippen LogP contribution is 2.46. The van der Waals surface area contributed by atoms with Crippen LogP contribution in [0.3, 0.4) is 0 Å². The van der Waals surface area contributed by atoms with Crippen LogP contribution in [0.15, 0.2) is 39.5 Å². The zero-order valence-electron chi connectivity index (χ0n) is 17.2. The van der Waals surface area contributed by atoms with Crippen LogP contribution in [-0.4, -0.2) is 34.9 Å². The predicted molar refractivity (Wildman–Crippen MR) is 108 cm³/mol. The fourth-order valence-electron chi connectivity index (χ4n) is 5.05. The highest BCUT2D eigenvalue weighted by atomic mass is 16.5. The average molecular weight is 412 g/mol. The quantitative estimate of drug-likeness (QED) is 0.360. The van der Waals surface area contributed by atoms with Gasteiger partial charge < -0.3 is 14.5 Å². The molecule has 1 N–H and O–H groups in total. The fraction of sp³-hybridized carbons (Fsp3) is 0.455. The van der Waals surface area contributed by atoms with Gasteiger partial charge in [-0.1, -0.05) is 20.8 Å². The Morgan fingerprint density at radius 3 is 2.67 bits per heavy atom. The number of carbonyl (C=O) groups is 3. The molecule has 0 bridgehead atoms. The van der Waals surface area contributed by atoms with Gasteiger partial charge in [0.25, 0.3) is 5.91 Å². The highest BCUT2D eigenvalue weighted by molar-refractivity contribution is 6.09. The number of ether oxygens (including phenoxy) is 1. The van der Waals surface area contributed by atoms with Gasteiger partial charge in [-0.3, -0.25) is 9.69 Å². The minimum absolute atomic E-state index is 0.0911. The van der Waals surface area contributed by atoms with Crippen LogP contribution in [-0.2, 0) is 9.59 Å². The molecule has 2 aliphatic rings. The summed E-state index contributed by atoms with van der Waals surface area (Å²) in [5.74, 6) is -0.696. The van der Waals surface area contributed by atoms with Crippen molar-refractivity contribution in [3.05, 3.63) is 40.8 Å². The van der Waals surface area contributed by atoms with Crippen molar-refractivity contribution in [3.8, 4) is 5.75 Å². The maximum Gasteiger partial charge on any atom is 0.336 e. The Hall–Kier alpha value is -3.16. The third kappa shape index (κ3) is 3.69. The number of hydrogen-bond acceptors (Lipinski definition) is 6. The summed E-state index contributed by atoms with van der Waals surface area (Å²) in [5, 5.41) is 3.51. The van der Waals surface area contributed by atoms with E-state index < -0.39 is 29.7 Å². The molecule has 0 unspecified atom stereocenters. The molecular formula is C22H24N2O6. The van der Waals surface area contributed by atoms with E-state index in [1.807, 2.05) is 0 Å². The van der Waals surface area contributed by atoms with E-state index in [9.17, 15) is 19.2 Å². The van der Waals surface area contributed by atoms with Crippen LogP contribution in [0.4, 0.5) is 4.79 Å². The van der Waals surface area contributed by atoms with Crippen LogP contribution >= 0.6 is 0 Å². The molecule has 1 aromatic heterocycles. The van der Waals surface area contributed by atoms with Gasteiger partial charge in [0, 0.05) is 17.5 Å². The summed E-state index contributed by atoms with van der Waals surface area (Å²) in [5.41, 5.74) is -1.29. The third-order valence-electron chi connectivity index (χ3n) is 5.74. The number of esters is 1. The number of benzene rings is 1. The molecule has 1 aliphatic heterocycles. The van der Waals surface area contributed by atoms with E-state index >= 15 is 0 Å². The minimum Gasteiger partial charge on any atom is -0.425 e. The predicted octanol–water partition coefficient (Wildman–Crippen LogP) is 2.84. The third-order valence-corrected chi connectivity index (χ3v) is 5.74. The van der Waals surface area contributed by atoms with Gasteiger partial charge in [0.2, 0.25) is 0 Å². The molecule has 2 atom stereocenters. The van der Waals surface area contributed by atoms with Crippen LogP contribution < -0.4 is 15.7 Å². The first-order valence-electron chi connectivity index (χ1n) is 9.96. The van der Waals surface area contributed by atoms with E-state index in [1.54, 1.807) is 18.2 Å². The second-order valence-corrected chi connectivity index (χ2v) is 9.19. The minimum atomic E-state index is -0.967. The molecule has 3 amide bonds. The fourth-order valence-corrected chi connectivity index (χ4v) is 5.05. The number of rotatable bonds is 3. The summed E-state index contributed by atoms with van der Waals surface area (Å²) in [6.07, 6.45) is 2.05. The topological polar surface area (TPSA) is 106 Å². The molecule has 1 aromatic carbocycles. The van der Waals surface area contributed by atoms with Crippen molar-refractivity contribution >= 4 is 28.9 Å². The van der Waals surface area contributed by atoms with E-state index in [2.05, 4.69) is 26.1 Å². The van der Waals surface area contributed by atoms with Crippen LogP contribution in [0.5, 0.6) is 5.75 Å². The van der Waals surface area contributed by atoms with Crippen LogP contribution in [0.2, 0.25) is 0 Å². The molecule has 30 heavy (non-hydrogen) atoms. The number of amides is 3. The number of hydrogen-bond donors (Lipinski definition) is 1. The van der Waals surface area contributed by atoms with Crippen molar-refractivity contribution in [1.82, 2.24) is 10.2 Å². The van der Waals surface area contributed by atoms with E-state index in [0.29, 0.717) is 18.2 Å². The Kier molecular flexibility index (Phi) is 4.67. The largest absolute Gasteiger partial charge is 0.425 e. The second kappa shape index (κ2) is 6.97. The molecule has 1 aliphatic carbocycles. The monoisotopic (exact) mass is 412 g/mol. The van der Waals surface area contributed by atoms with Gasteiger partial charge in [-0.2, -0.15) is 0 Å². The van der Waals surface area contributed by atoms with E-state index in [0.717, 1.165) is 11.3 Å². The molecule has 1 saturated heterocycles. The van der Waals surface area contributed by atoms with Gasteiger partial charge in [-0.25, -0.2) is 14.4 Å². The normalized spacial score (nSPS) is 25.6. The molecule has 4 rings (SSSR count). The van der Waals surface area contributed by atoms with Gasteiger partial charge in [-0.15, -0.1) is 0 Å². The van der Waals surface area contributed by atoms with Crippen LogP contribution in [0, 0.1) is 11.3 Å². The van der Waals surface area contributed by atoms with Crippen molar-refractivity contribution < 1.29 is 23.5 Å². The number of nitrogens with one attached hydrogen (secondary N) is 1. The maximum atomic E-state index is 13.1. The number of carbonyl (C=O) groups excluding carboxylic acids is 3. The lowest BCUT2D eigenvalue weighted by Gasteiger charge is -2.43. The molecule has 158 valence electrons. The summed E-state index contributed by atoms with van der Waals surface area (Å²) < 4.78 is 10.4. The van der Waals surface area contributed by atoms with Gasteiger partial charge in [0.1, 0.15) is 23.4 Å². The Balaban J connectivity index is 1.49. The Bertz CT molecular complexity index is 1100. The molecule has 8 heteroatoms. The lowest BCUT2D eigenvalue weighted by molar-refractivity contribution is -0.142. The average Bonchev–Trinajstić information content (AvgIpc) is 2.83. The number of nitrogens with zero attached hydrogens (tertiary/aromatic N) is 1. The van der Waals surface area contributed by atoms with Gasteiger partial charge in [0.15, 0.2) is 0 Å². The Morgan fingerprint density at radius 1 is 1.20 bits per heavy atom. The molecule has 2 heterocycles. The number of urea groups is 1. The first kappa shape index (κ1) is 20.1. The van der Waals surface area contributed by atoms with Crippen molar-refractivity contribution in [3.63, 3.8) is 0 Å². The first-order chi connectivity index (χ1) is 14.1. The second-order valence-electron chi connectivity index (χ2n) is 9.19. The molecule has 2 aromatic rings. The van der Waals surface area contributed by atoms with E-state index in [4.69, 9.17) is 9.15 Å². The Morgan fingerprint density at radius 2 is 1.93 bits per heavy atom. The van der Waals surface area contributed by atoms with E-state index in [-0.39, 0.29) is 28.6 Å². The van der Waals surface area contributed by atoms with Crippen molar-refractivity contribution in [2.75, 3.05) is 6.54 Å². The smallest absolute Gasteiger partial charge is 0.336 e. The lowest BCUT2D eigenvalue weighted by atomic mass is 9.64. The zero-order valence-corrected chi connectivity index (χ0v) is 17.2. The maximum absolute atomic E-state index is 13.1. The summed E-state index contributed by atoms with van der Waals surface area (Å²) in [7, 11) is 0. The highest BCUT2D eigenvalue weighted by Gasteiger charge is 2.56. The lowest BCUT2D eigenvalue weighted by Crippen LogP contribution is -2.54. The molecule has 1 saturated carbocycles. The Labute approximate surface area is 173 Å². The van der Waals surface area contributed by atoms with Crippen molar-refractivity contribution in [2.24, 2.45) is 11.3 Å². The van der Waals surface area contributed by atoms with Crippen molar-refractivity contribution in [1.29, 1.82) is 0 Å². The van der Waals surface area contributed by atoms with Crippen molar-refractivity contribution in [2.45, 2.75) is 45.6 Å². The van der Waals surface area contributed by atoms with Gasteiger partial charge in [0.05, 0.1) is 0 Å². The van der Waals surface area contributed by atoms with Crippen LogP contribution in [0.1, 0.15) is 40.0 Å². The molecule has 0 radical (unpaired) electrons. The summed E-state index contributed by atoms with van der Waals surface area (Å²) in [6, 6.07) is 6.95. The standard InChI is InChI=1S/C22H24N2O6/c1-13-9-21(2,3)12-22(10-13)19(27)24(20(28)23-22)11-18(26)29-15-6-4-14-5-7-17(25)30-16(14)8-15/h4-8,13H,9-12H2,1-3H3,(H,23,28)/t13-,22+/m0/s1. The number of fused-ring (bicyclic) bond motifs is 1. The zero-order chi connectivity index (χ0) is 21.7. The molecule has 8 nitrogen and oxygen atoms in total. The summed E-state index contributed by atoms with van der Waals surface area (Å²) in [6.45, 7) is 5.74. The molecular weight excluding hydrogens is 388 g/mol. The van der Waals surface area contributed by atoms with Crippen LogP contribution in [0.25, 0.3) is 11.0 Å². The van der Waals surface area contributed by atoms with E-state index in [1.165, 1.54) is 12.1 Å². The summed E-state index contributed by atoms with van der Waals surface area (Å²) >= 11 is 0. The van der Waals surface area contributed by atoms with Gasteiger partial charge in [-0.05, 0) is 48.8 Å². The summed E-state index contributed by atoms with van der Waals surface area (Å²) in [4.78, 5) is 50.4. The van der Waals surface area contributed by atoms with Gasteiger partial charge >= 0.3 is 17.6 Å². The first-order valence-corrected chi connectivity index (χ1v) is 9.96. The molecule has 2 fully saturated rings.